The van der Waals surface area contributed by atoms with E-state index in [0.717, 1.165) is 17.7 Å². The molecule has 0 unspecified atom stereocenters. The van der Waals surface area contributed by atoms with Gasteiger partial charge in [-0.05, 0) is 16.7 Å². The first-order valence-corrected chi connectivity index (χ1v) is 5.67. The van der Waals surface area contributed by atoms with Gasteiger partial charge in [0.1, 0.15) is 0 Å². The van der Waals surface area contributed by atoms with E-state index in [1.54, 1.807) is 12.1 Å². The van der Waals surface area contributed by atoms with E-state index in [4.69, 9.17) is 0 Å². The Balaban J connectivity index is 0.00000200. The third-order valence-electron chi connectivity index (χ3n) is 2.93. The molecule has 1 aromatic rings. The highest BCUT2D eigenvalue weighted by Crippen LogP contribution is 2.23. The number of alkyl halides is 4. The number of carbonyl (C=O) groups is 1. The lowest BCUT2D eigenvalue weighted by Crippen LogP contribution is -2.44. The van der Waals surface area contributed by atoms with Crippen LogP contribution in [0.2, 0.25) is 0 Å². The Morgan fingerprint density at radius 1 is 1.30 bits per heavy atom. The highest BCUT2D eigenvalue weighted by atomic mass is 35.5. The average Bonchev–Trinajstić information content (AvgIpc) is 2.82. The van der Waals surface area contributed by atoms with E-state index in [-0.39, 0.29) is 19.0 Å². The zero-order valence-electron chi connectivity index (χ0n) is 10.3. The van der Waals surface area contributed by atoms with E-state index in [2.05, 4.69) is 5.32 Å². The highest BCUT2D eigenvalue weighted by molar-refractivity contribution is 5.85. The van der Waals surface area contributed by atoms with E-state index in [0.29, 0.717) is 12.1 Å². The molecule has 1 heterocycles. The second-order valence-electron chi connectivity index (χ2n) is 4.31. The van der Waals surface area contributed by atoms with Gasteiger partial charge in [0.2, 0.25) is 0 Å². The van der Waals surface area contributed by atoms with Gasteiger partial charge in [-0.15, -0.1) is 12.4 Å². The Labute approximate surface area is 119 Å². The Bertz CT molecular complexity index is 496. The molecule has 0 aliphatic carbocycles. The van der Waals surface area contributed by atoms with Crippen molar-refractivity contribution in [1.29, 1.82) is 0 Å². The molecule has 1 aliphatic rings. The quantitative estimate of drug-likeness (QED) is 0.837. The molecule has 0 atom stereocenters. The van der Waals surface area contributed by atoms with Gasteiger partial charge in [-0.2, -0.15) is 8.78 Å². The second-order valence-corrected chi connectivity index (χ2v) is 4.31. The molecule has 0 spiro atoms. The van der Waals surface area contributed by atoms with Crippen LogP contribution in [-0.4, -0.2) is 18.3 Å². The van der Waals surface area contributed by atoms with Crippen molar-refractivity contribution in [1.82, 2.24) is 10.6 Å². The van der Waals surface area contributed by atoms with Crippen molar-refractivity contribution in [2.24, 2.45) is 0 Å². The zero-order chi connectivity index (χ0) is 14.0. The average molecular weight is 313 g/mol. The fraction of sp³-hybridized carbons (Fsp3) is 0.417. The van der Waals surface area contributed by atoms with Crippen LogP contribution < -0.4 is 10.6 Å². The molecule has 1 amide bonds. The first-order valence-electron chi connectivity index (χ1n) is 5.67. The van der Waals surface area contributed by atoms with Crippen LogP contribution in [-0.2, 0) is 24.4 Å². The van der Waals surface area contributed by atoms with Gasteiger partial charge in [-0.25, -0.2) is 8.78 Å². The molecule has 3 nitrogen and oxygen atoms in total. The van der Waals surface area contributed by atoms with Crippen molar-refractivity contribution in [2.75, 3.05) is 0 Å². The number of nitrogens with one attached hydrogen (secondary N) is 2. The van der Waals surface area contributed by atoms with Gasteiger partial charge in [0.25, 0.3) is 5.91 Å². The molecule has 0 fully saturated rings. The number of hydrogen-bond donors (Lipinski definition) is 2. The van der Waals surface area contributed by atoms with Crippen LogP contribution in [0.1, 0.15) is 16.7 Å². The largest absolute Gasteiger partial charge is 0.383 e. The molecule has 0 radical (unpaired) electrons. The Morgan fingerprint density at radius 2 is 1.95 bits per heavy atom. The number of benzene rings is 1. The monoisotopic (exact) mass is 312 g/mol. The maximum atomic E-state index is 12.7. The molecular weight excluding hydrogens is 300 g/mol. The summed E-state index contributed by atoms with van der Waals surface area (Å²) in [6, 6.07) is 5.25. The van der Waals surface area contributed by atoms with Gasteiger partial charge in [0, 0.05) is 19.6 Å². The summed E-state index contributed by atoms with van der Waals surface area (Å²) in [7, 11) is 0. The molecule has 8 heteroatoms. The van der Waals surface area contributed by atoms with Gasteiger partial charge < -0.3 is 10.6 Å². The van der Waals surface area contributed by atoms with Crippen molar-refractivity contribution in [3.05, 3.63) is 34.9 Å². The number of rotatable bonds is 4. The van der Waals surface area contributed by atoms with Crippen LogP contribution in [0.4, 0.5) is 17.6 Å². The van der Waals surface area contributed by atoms with Crippen molar-refractivity contribution in [3.8, 4) is 0 Å². The maximum Gasteiger partial charge on any atom is 0.383 e. The van der Waals surface area contributed by atoms with E-state index in [1.165, 1.54) is 0 Å². The summed E-state index contributed by atoms with van der Waals surface area (Å²) in [4.78, 5) is 11.0. The smallest absolute Gasteiger partial charge is 0.347 e. The molecule has 2 N–H and O–H groups in total. The zero-order valence-corrected chi connectivity index (χ0v) is 11.1. The van der Waals surface area contributed by atoms with Crippen LogP contribution in [0.25, 0.3) is 0 Å². The number of halogens is 5. The molecule has 1 aliphatic heterocycles. The van der Waals surface area contributed by atoms with Crippen molar-refractivity contribution >= 4 is 18.3 Å². The molecule has 20 heavy (non-hydrogen) atoms. The molecule has 0 aromatic heterocycles. The van der Waals surface area contributed by atoms with Gasteiger partial charge in [-0.3, -0.25) is 4.79 Å². The fourth-order valence-electron chi connectivity index (χ4n) is 1.86. The minimum absolute atomic E-state index is 0. The minimum atomic E-state index is -4.65. The van der Waals surface area contributed by atoms with Crippen LogP contribution in [0.5, 0.6) is 0 Å². The van der Waals surface area contributed by atoms with Gasteiger partial charge in [0.05, 0.1) is 0 Å². The first kappa shape index (κ1) is 16.7. The van der Waals surface area contributed by atoms with E-state index < -0.39 is 18.3 Å². The third-order valence-corrected chi connectivity index (χ3v) is 2.93. The summed E-state index contributed by atoms with van der Waals surface area (Å²) in [6.45, 7) is 1.21. The number of carbonyl (C=O) groups excluding carboxylic acids is 1. The maximum absolute atomic E-state index is 12.7. The summed E-state index contributed by atoms with van der Waals surface area (Å²) in [5, 5.41) is 4.93. The molecule has 0 saturated heterocycles. The third kappa shape index (κ3) is 3.40. The minimum Gasteiger partial charge on any atom is -0.347 e. The van der Waals surface area contributed by atoms with Crippen LogP contribution in [0.3, 0.4) is 0 Å². The van der Waals surface area contributed by atoms with Crippen molar-refractivity contribution in [2.45, 2.75) is 32.0 Å². The molecular formula is C12H13ClF4N2O. The van der Waals surface area contributed by atoms with Crippen molar-refractivity contribution in [3.63, 3.8) is 0 Å². The molecule has 0 bridgehead atoms. The topological polar surface area (TPSA) is 41.1 Å². The Hall–Kier alpha value is -1.34. The number of hydrogen-bond acceptors (Lipinski definition) is 2. The van der Waals surface area contributed by atoms with E-state index in [9.17, 15) is 22.4 Å². The summed E-state index contributed by atoms with van der Waals surface area (Å²) in [5.74, 6) is -6.61. The van der Waals surface area contributed by atoms with E-state index in [1.807, 2.05) is 11.4 Å². The van der Waals surface area contributed by atoms with Crippen LogP contribution in [0.15, 0.2) is 18.2 Å². The van der Waals surface area contributed by atoms with Gasteiger partial charge >= 0.3 is 12.3 Å². The molecule has 2 rings (SSSR count). The molecule has 0 saturated carbocycles. The second kappa shape index (κ2) is 6.41. The highest BCUT2D eigenvalue weighted by Gasteiger charge is 2.48. The van der Waals surface area contributed by atoms with Crippen LogP contribution >= 0.6 is 12.4 Å². The first-order chi connectivity index (χ1) is 8.91. The van der Waals surface area contributed by atoms with Crippen molar-refractivity contribution < 1.29 is 22.4 Å². The Kier molecular flexibility index (Phi) is 5.35. The fourth-order valence-corrected chi connectivity index (χ4v) is 1.86. The Morgan fingerprint density at radius 3 is 2.60 bits per heavy atom. The summed E-state index contributed by atoms with van der Waals surface area (Å²) < 4.78 is 49.3. The van der Waals surface area contributed by atoms with E-state index >= 15 is 0 Å². The molecule has 112 valence electrons. The summed E-state index contributed by atoms with van der Waals surface area (Å²) in [6.07, 6.45) is -4.00. The normalized spacial score (nSPS) is 13.8. The standard InChI is InChI=1S/C12H12F4N2O.ClH/c13-10(14)12(15,16)11(19)18-4-7-1-2-8-5-17-6-9(8)3-7;/h1-3,10,17H,4-6H2,(H,18,19);1H. The SMILES string of the molecule is Cl.O=C(NCc1ccc2c(c1)CNC2)C(F)(F)C(F)F. The lowest BCUT2D eigenvalue weighted by molar-refractivity contribution is -0.169. The predicted molar refractivity (Wildman–Crippen MR) is 67.0 cm³/mol. The van der Waals surface area contributed by atoms with Gasteiger partial charge in [0.15, 0.2) is 0 Å². The lowest BCUT2D eigenvalue weighted by Gasteiger charge is -2.15. The summed E-state index contributed by atoms with van der Waals surface area (Å²) in [5.41, 5.74) is 2.72. The van der Waals surface area contributed by atoms with Gasteiger partial charge in [-0.1, -0.05) is 18.2 Å². The van der Waals surface area contributed by atoms with Crippen LogP contribution in [0, 0.1) is 0 Å². The lowest BCUT2D eigenvalue weighted by atomic mass is 10.1. The predicted octanol–water partition coefficient (Wildman–Crippen LogP) is 2.23. The summed E-state index contributed by atoms with van der Waals surface area (Å²) >= 11 is 0. The number of fused-ring (bicyclic) bond motifs is 1. The molecule has 1 aromatic carbocycles. The number of amides is 1.